The second kappa shape index (κ2) is 4.67. The van der Waals surface area contributed by atoms with Crippen LogP contribution in [0.4, 0.5) is 5.69 Å². The van der Waals surface area contributed by atoms with E-state index in [0.717, 1.165) is 12.8 Å². The van der Waals surface area contributed by atoms with Gasteiger partial charge in [0, 0.05) is 11.5 Å². The van der Waals surface area contributed by atoms with Crippen molar-refractivity contribution >= 4 is 11.5 Å². The Morgan fingerprint density at radius 1 is 1.53 bits per heavy atom. The highest BCUT2D eigenvalue weighted by Crippen LogP contribution is 2.30. The van der Waals surface area contributed by atoms with Crippen LogP contribution < -0.4 is 4.74 Å². The van der Waals surface area contributed by atoms with Gasteiger partial charge in [-0.05, 0) is 31.0 Å². The molecule has 0 amide bonds. The molecule has 1 fully saturated rings. The minimum Gasteiger partial charge on any atom is -0.487 e. The van der Waals surface area contributed by atoms with Crippen LogP contribution in [0.3, 0.4) is 0 Å². The molecule has 0 spiro atoms. The zero-order valence-corrected chi connectivity index (χ0v) is 9.14. The molecule has 0 heterocycles. The molecule has 0 saturated heterocycles. The summed E-state index contributed by atoms with van der Waals surface area (Å²) in [5.74, 6) is 0.662. The van der Waals surface area contributed by atoms with E-state index in [1.165, 1.54) is 18.2 Å². The predicted octanol–water partition coefficient (Wildman–Crippen LogP) is 2.47. The SMILES string of the molecule is [C-]#[N+]c1cc(C#N)cc(OCC(=O)C2CC2)c1. The van der Waals surface area contributed by atoms with Gasteiger partial charge < -0.3 is 4.74 Å². The van der Waals surface area contributed by atoms with Crippen LogP contribution in [0.1, 0.15) is 18.4 Å². The molecule has 0 radical (unpaired) electrons. The summed E-state index contributed by atoms with van der Waals surface area (Å²) in [6.45, 7) is 6.92. The average Bonchev–Trinajstić information content (AvgIpc) is 3.19. The first-order valence-electron chi connectivity index (χ1n) is 5.31. The maximum atomic E-state index is 11.4. The van der Waals surface area contributed by atoms with Gasteiger partial charge in [-0.3, -0.25) is 4.79 Å². The molecule has 1 aromatic carbocycles. The summed E-state index contributed by atoms with van der Waals surface area (Å²) >= 11 is 0. The van der Waals surface area contributed by atoms with E-state index in [4.69, 9.17) is 16.6 Å². The predicted molar refractivity (Wildman–Crippen MR) is 60.6 cm³/mol. The van der Waals surface area contributed by atoms with E-state index in [9.17, 15) is 4.79 Å². The maximum Gasteiger partial charge on any atom is 0.192 e. The Labute approximate surface area is 99.3 Å². The van der Waals surface area contributed by atoms with Gasteiger partial charge in [0.15, 0.2) is 11.5 Å². The first kappa shape index (κ1) is 11.2. The van der Waals surface area contributed by atoms with Gasteiger partial charge in [0.1, 0.15) is 12.4 Å². The number of benzene rings is 1. The molecule has 4 nitrogen and oxygen atoms in total. The zero-order valence-electron chi connectivity index (χ0n) is 9.14. The number of rotatable bonds is 4. The first-order chi connectivity index (χ1) is 8.22. The molecule has 4 heteroatoms. The second-order valence-electron chi connectivity index (χ2n) is 3.97. The highest BCUT2D eigenvalue weighted by Gasteiger charge is 2.29. The van der Waals surface area contributed by atoms with E-state index < -0.39 is 0 Å². The molecule has 0 aliphatic heterocycles. The normalized spacial score (nSPS) is 13.5. The fourth-order valence-electron chi connectivity index (χ4n) is 1.47. The Balaban J connectivity index is 2.07. The molecule has 17 heavy (non-hydrogen) atoms. The standard InChI is InChI=1S/C13H10N2O2/c1-15-11-4-9(7-14)5-12(6-11)17-8-13(16)10-2-3-10/h4-6,10H,2-3,8H2. The number of carbonyl (C=O) groups is 1. The largest absolute Gasteiger partial charge is 0.487 e. The van der Waals surface area contributed by atoms with Crippen molar-refractivity contribution in [3.8, 4) is 11.8 Å². The van der Waals surface area contributed by atoms with Crippen molar-refractivity contribution in [2.45, 2.75) is 12.8 Å². The third-order valence-electron chi connectivity index (χ3n) is 2.56. The molecule has 1 aromatic rings. The number of nitriles is 1. The number of hydrogen-bond donors (Lipinski definition) is 0. The summed E-state index contributed by atoms with van der Waals surface area (Å²) in [6.07, 6.45) is 1.90. The lowest BCUT2D eigenvalue weighted by Crippen LogP contribution is -2.12. The first-order valence-corrected chi connectivity index (χ1v) is 5.31. The van der Waals surface area contributed by atoms with Crippen LogP contribution in [0.5, 0.6) is 5.75 Å². The number of hydrogen-bond acceptors (Lipinski definition) is 3. The van der Waals surface area contributed by atoms with Crippen LogP contribution in [-0.4, -0.2) is 12.4 Å². The number of carbonyl (C=O) groups excluding carboxylic acids is 1. The van der Waals surface area contributed by atoms with Gasteiger partial charge in [0.05, 0.1) is 12.6 Å². The zero-order chi connectivity index (χ0) is 12.3. The average molecular weight is 226 g/mol. The fraction of sp³-hybridized carbons (Fsp3) is 0.308. The number of Topliss-reactive ketones (excluding diaryl/α,β-unsaturated/α-hetero) is 1. The van der Waals surface area contributed by atoms with E-state index in [2.05, 4.69) is 4.85 Å². The van der Waals surface area contributed by atoms with Gasteiger partial charge in [-0.2, -0.15) is 5.26 Å². The topological polar surface area (TPSA) is 54.4 Å². The van der Waals surface area contributed by atoms with E-state index >= 15 is 0 Å². The van der Waals surface area contributed by atoms with Crippen LogP contribution in [-0.2, 0) is 4.79 Å². The van der Waals surface area contributed by atoms with E-state index in [0.29, 0.717) is 17.0 Å². The lowest BCUT2D eigenvalue weighted by molar-refractivity contribution is -0.122. The Morgan fingerprint density at radius 2 is 2.29 bits per heavy atom. The minimum atomic E-state index is 0.0248. The third kappa shape index (κ3) is 2.83. The molecular formula is C13H10N2O2. The van der Waals surface area contributed by atoms with Crippen LogP contribution in [0, 0.1) is 23.8 Å². The van der Waals surface area contributed by atoms with Crippen molar-refractivity contribution in [1.29, 1.82) is 5.26 Å². The Hall–Kier alpha value is -2.33. The van der Waals surface area contributed by atoms with E-state index in [1.54, 1.807) is 0 Å². The summed E-state index contributed by atoms with van der Waals surface area (Å²) in [6, 6.07) is 6.52. The molecule has 1 aliphatic carbocycles. The number of ether oxygens (including phenoxy) is 1. The van der Waals surface area contributed by atoms with Crippen molar-refractivity contribution in [3.05, 3.63) is 35.2 Å². The lowest BCUT2D eigenvalue weighted by atomic mass is 10.2. The fourth-order valence-corrected chi connectivity index (χ4v) is 1.47. The quantitative estimate of drug-likeness (QED) is 0.741. The molecule has 1 saturated carbocycles. The molecule has 2 rings (SSSR count). The van der Waals surface area contributed by atoms with Crippen LogP contribution in [0.25, 0.3) is 4.85 Å². The molecule has 0 atom stereocenters. The van der Waals surface area contributed by atoms with Crippen molar-refractivity contribution < 1.29 is 9.53 Å². The highest BCUT2D eigenvalue weighted by atomic mass is 16.5. The molecule has 1 aliphatic rings. The highest BCUT2D eigenvalue weighted by molar-refractivity contribution is 5.84. The summed E-state index contributed by atoms with van der Waals surface area (Å²) in [4.78, 5) is 14.7. The van der Waals surface area contributed by atoms with Gasteiger partial charge in [0.25, 0.3) is 0 Å². The van der Waals surface area contributed by atoms with Gasteiger partial charge in [-0.25, -0.2) is 4.85 Å². The van der Waals surface area contributed by atoms with Crippen molar-refractivity contribution in [1.82, 2.24) is 0 Å². The second-order valence-corrected chi connectivity index (χ2v) is 3.97. The van der Waals surface area contributed by atoms with E-state index in [1.807, 2.05) is 6.07 Å². The van der Waals surface area contributed by atoms with Crippen LogP contribution >= 0.6 is 0 Å². The van der Waals surface area contributed by atoms with Crippen LogP contribution in [0.2, 0.25) is 0 Å². The maximum absolute atomic E-state index is 11.4. The Bertz CT molecular complexity index is 501. The molecule has 84 valence electrons. The summed E-state index contributed by atoms with van der Waals surface area (Å²) < 4.78 is 5.31. The van der Waals surface area contributed by atoms with Crippen molar-refractivity contribution in [3.63, 3.8) is 0 Å². The lowest BCUT2D eigenvalue weighted by Gasteiger charge is -2.05. The molecule has 0 bridgehead atoms. The van der Waals surface area contributed by atoms with Gasteiger partial charge in [-0.1, -0.05) is 0 Å². The molecule has 0 N–H and O–H groups in total. The Morgan fingerprint density at radius 3 is 2.88 bits per heavy atom. The smallest absolute Gasteiger partial charge is 0.192 e. The number of ketones is 1. The summed E-state index contributed by atoms with van der Waals surface area (Å²) in [7, 11) is 0. The minimum absolute atomic E-state index is 0.0248. The van der Waals surface area contributed by atoms with Gasteiger partial charge >= 0.3 is 0 Å². The monoisotopic (exact) mass is 226 g/mol. The molecule has 0 aromatic heterocycles. The summed E-state index contributed by atoms with van der Waals surface area (Å²) in [5, 5.41) is 8.78. The van der Waals surface area contributed by atoms with E-state index in [-0.39, 0.29) is 18.3 Å². The van der Waals surface area contributed by atoms with Crippen LogP contribution in [0.15, 0.2) is 18.2 Å². The van der Waals surface area contributed by atoms with Crippen molar-refractivity contribution in [2.24, 2.45) is 5.92 Å². The van der Waals surface area contributed by atoms with Gasteiger partial charge in [0.2, 0.25) is 0 Å². The molecule has 0 unspecified atom stereocenters. The van der Waals surface area contributed by atoms with Crippen molar-refractivity contribution in [2.75, 3.05) is 6.61 Å². The molecular weight excluding hydrogens is 216 g/mol. The van der Waals surface area contributed by atoms with Gasteiger partial charge in [-0.15, -0.1) is 0 Å². The number of nitrogens with zero attached hydrogens (tertiary/aromatic N) is 2. The Kier molecular flexibility index (Phi) is 3.07. The third-order valence-corrected chi connectivity index (χ3v) is 2.56. The summed E-state index contributed by atoms with van der Waals surface area (Å²) in [5.41, 5.74) is 0.713.